The van der Waals surface area contributed by atoms with E-state index in [9.17, 15) is 0 Å². The van der Waals surface area contributed by atoms with Crippen LogP contribution in [-0.2, 0) is 9.31 Å². The molecule has 0 saturated carbocycles. The molecule has 1 aliphatic heterocycles. The normalized spacial score (nSPS) is 19.6. The van der Waals surface area contributed by atoms with E-state index in [1.165, 1.54) is 5.56 Å². The highest BCUT2D eigenvalue weighted by Gasteiger charge is 2.52. The zero-order chi connectivity index (χ0) is 16.1. The maximum atomic E-state index is 6.06. The van der Waals surface area contributed by atoms with Crippen LogP contribution < -0.4 is 5.59 Å². The van der Waals surface area contributed by atoms with Gasteiger partial charge in [-0.1, -0.05) is 12.1 Å². The zero-order valence-corrected chi connectivity index (χ0v) is 15.1. The molecule has 1 aromatic carbocycles. The Morgan fingerprint density at radius 2 is 1.77 bits per heavy atom. The van der Waals surface area contributed by atoms with E-state index in [1.54, 1.807) is 0 Å². The minimum Gasteiger partial charge on any atom is -0.398 e. The number of halogens is 1. The van der Waals surface area contributed by atoms with Crippen LogP contribution in [0.3, 0.4) is 0 Å². The van der Waals surface area contributed by atoms with Crippen LogP contribution in [-0.4, -0.2) is 27.9 Å². The second kappa shape index (κ2) is 5.22. The molecule has 0 atom stereocenters. The largest absolute Gasteiger partial charge is 0.516 e. The van der Waals surface area contributed by atoms with E-state index in [1.807, 2.05) is 50.6 Å². The first-order chi connectivity index (χ1) is 10.2. The third-order valence-electron chi connectivity index (χ3n) is 4.46. The van der Waals surface area contributed by atoms with E-state index < -0.39 is 7.12 Å². The van der Waals surface area contributed by atoms with Gasteiger partial charge in [0.15, 0.2) is 4.73 Å². The molecule has 0 N–H and O–H groups in total. The molecule has 4 nitrogen and oxygen atoms in total. The van der Waals surface area contributed by atoms with Crippen molar-refractivity contribution < 1.29 is 9.31 Å². The van der Waals surface area contributed by atoms with Crippen LogP contribution in [0.2, 0.25) is 0 Å². The first-order valence-electron chi connectivity index (χ1n) is 7.37. The Bertz CT molecular complexity index is 696. The maximum absolute atomic E-state index is 6.06. The van der Waals surface area contributed by atoms with Crippen molar-refractivity contribution in [3.8, 4) is 5.69 Å². The van der Waals surface area contributed by atoms with Gasteiger partial charge in [0.05, 0.1) is 16.8 Å². The summed E-state index contributed by atoms with van der Waals surface area (Å²) in [7, 11) is -0.452. The van der Waals surface area contributed by atoms with Gasteiger partial charge in [0, 0.05) is 11.9 Å². The molecule has 22 heavy (non-hydrogen) atoms. The van der Waals surface area contributed by atoms with Gasteiger partial charge in [-0.25, -0.2) is 4.98 Å². The van der Waals surface area contributed by atoms with Gasteiger partial charge in [0.1, 0.15) is 0 Å². The van der Waals surface area contributed by atoms with Gasteiger partial charge in [-0.05, 0) is 68.2 Å². The third-order valence-corrected chi connectivity index (χ3v) is 5.02. The van der Waals surface area contributed by atoms with Crippen LogP contribution >= 0.6 is 15.9 Å². The summed E-state index contributed by atoms with van der Waals surface area (Å²) in [5, 5.41) is 0. The standard InChI is InChI=1S/C16H20BBrN2O2/c1-11-7-6-8-12(9-11)20-10-13(19-14(20)18)17-21-15(2,3)16(4,5)22-17/h6-10H,1-5H3. The molecule has 0 unspecified atom stereocenters. The topological polar surface area (TPSA) is 36.3 Å². The van der Waals surface area contributed by atoms with E-state index in [2.05, 4.69) is 40.0 Å². The fraction of sp³-hybridized carbons (Fsp3) is 0.438. The molecule has 1 saturated heterocycles. The first kappa shape index (κ1) is 15.8. The summed E-state index contributed by atoms with van der Waals surface area (Å²) in [6.07, 6.45) is 1.96. The molecule has 2 heterocycles. The molecule has 3 rings (SSSR count). The van der Waals surface area contributed by atoms with Gasteiger partial charge in [-0.15, -0.1) is 0 Å². The van der Waals surface area contributed by atoms with Crippen LogP contribution in [0.25, 0.3) is 5.69 Å². The van der Waals surface area contributed by atoms with Crippen molar-refractivity contribution in [1.29, 1.82) is 0 Å². The van der Waals surface area contributed by atoms with Crippen molar-refractivity contribution in [3.63, 3.8) is 0 Å². The Hall–Kier alpha value is -1.11. The van der Waals surface area contributed by atoms with E-state index in [4.69, 9.17) is 9.31 Å². The molecule has 116 valence electrons. The highest BCUT2D eigenvalue weighted by molar-refractivity contribution is 9.10. The molecule has 0 aliphatic carbocycles. The SMILES string of the molecule is Cc1cccc(-n2cc(B3OC(C)(C)C(C)(C)O3)nc2Br)c1. The number of rotatable bonds is 2. The van der Waals surface area contributed by atoms with E-state index in [-0.39, 0.29) is 11.2 Å². The van der Waals surface area contributed by atoms with Crippen molar-refractivity contribution in [3.05, 3.63) is 40.8 Å². The van der Waals surface area contributed by atoms with Crippen molar-refractivity contribution >= 4 is 28.6 Å². The quantitative estimate of drug-likeness (QED) is 0.769. The molecule has 0 spiro atoms. The Morgan fingerprint density at radius 1 is 1.14 bits per heavy atom. The molecule has 6 heteroatoms. The predicted octanol–water partition coefficient (Wildman–Crippen LogP) is 3.24. The van der Waals surface area contributed by atoms with Crippen LogP contribution in [0.5, 0.6) is 0 Å². The number of hydrogen-bond donors (Lipinski definition) is 0. The summed E-state index contributed by atoms with van der Waals surface area (Å²) >= 11 is 3.52. The fourth-order valence-corrected chi connectivity index (χ4v) is 2.92. The molecular weight excluding hydrogens is 343 g/mol. The van der Waals surface area contributed by atoms with Gasteiger partial charge >= 0.3 is 7.12 Å². The molecule has 0 amide bonds. The van der Waals surface area contributed by atoms with Crippen LogP contribution in [0.15, 0.2) is 35.2 Å². The van der Waals surface area contributed by atoms with Gasteiger partial charge < -0.3 is 9.31 Å². The second-order valence-electron chi connectivity index (χ2n) is 6.73. The molecule has 0 bridgehead atoms. The summed E-state index contributed by atoms with van der Waals surface area (Å²) in [6, 6.07) is 8.27. The molecule has 1 aliphatic rings. The first-order valence-corrected chi connectivity index (χ1v) is 8.16. The summed E-state index contributed by atoms with van der Waals surface area (Å²) in [5.41, 5.74) is 2.30. The van der Waals surface area contributed by atoms with Gasteiger partial charge in [-0.3, -0.25) is 4.57 Å². The summed E-state index contributed by atoms with van der Waals surface area (Å²) in [5.74, 6) is 0. The average Bonchev–Trinajstić information content (AvgIpc) is 2.88. The third kappa shape index (κ3) is 2.64. The van der Waals surface area contributed by atoms with Gasteiger partial charge in [0.25, 0.3) is 0 Å². The van der Waals surface area contributed by atoms with Crippen molar-refractivity contribution in [2.24, 2.45) is 0 Å². The number of aromatic nitrogens is 2. The van der Waals surface area contributed by atoms with Gasteiger partial charge in [0.2, 0.25) is 0 Å². The molecule has 1 fully saturated rings. The zero-order valence-electron chi connectivity index (χ0n) is 13.6. The maximum Gasteiger partial charge on any atom is 0.516 e. The summed E-state index contributed by atoms with van der Waals surface area (Å²) in [4.78, 5) is 4.56. The predicted molar refractivity (Wildman–Crippen MR) is 91.7 cm³/mol. The molecule has 1 aromatic heterocycles. The van der Waals surface area contributed by atoms with Crippen molar-refractivity contribution in [1.82, 2.24) is 9.55 Å². The Labute approximate surface area is 140 Å². The summed E-state index contributed by atoms with van der Waals surface area (Å²) in [6.45, 7) is 10.2. The lowest BCUT2D eigenvalue weighted by molar-refractivity contribution is 0.00578. The highest BCUT2D eigenvalue weighted by atomic mass is 79.9. The molecular formula is C16H20BBrN2O2. The minimum atomic E-state index is -0.452. The minimum absolute atomic E-state index is 0.364. The Balaban J connectivity index is 1.94. The number of benzene rings is 1. The lowest BCUT2D eigenvalue weighted by Gasteiger charge is -2.32. The number of aryl methyl sites for hydroxylation is 1. The Kier molecular flexibility index (Phi) is 3.74. The van der Waals surface area contributed by atoms with Crippen LogP contribution in [0, 0.1) is 6.92 Å². The summed E-state index contributed by atoms with van der Waals surface area (Å²) < 4.78 is 14.9. The number of nitrogens with zero attached hydrogens (tertiary/aromatic N) is 2. The van der Waals surface area contributed by atoms with E-state index in [0.717, 1.165) is 16.0 Å². The number of imidazole rings is 1. The van der Waals surface area contributed by atoms with Crippen LogP contribution in [0.1, 0.15) is 33.3 Å². The molecule has 0 radical (unpaired) electrons. The van der Waals surface area contributed by atoms with E-state index in [0.29, 0.717) is 0 Å². The lowest BCUT2D eigenvalue weighted by Crippen LogP contribution is -2.41. The Morgan fingerprint density at radius 3 is 2.36 bits per heavy atom. The van der Waals surface area contributed by atoms with Gasteiger partial charge in [-0.2, -0.15) is 0 Å². The smallest absolute Gasteiger partial charge is 0.398 e. The number of hydrogen-bond acceptors (Lipinski definition) is 3. The monoisotopic (exact) mass is 362 g/mol. The van der Waals surface area contributed by atoms with Crippen molar-refractivity contribution in [2.75, 3.05) is 0 Å². The second-order valence-corrected chi connectivity index (χ2v) is 7.44. The molecule has 2 aromatic rings. The fourth-order valence-electron chi connectivity index (χ4n) is 2.41. The highest BCUT2D eigenvalue weighted by Crippen LogP contribution is 2.36. The average molecular weight is 363 g/mol. The van der Waals surface area contributed by atoms with Crippen molar-refractivity contribution in [2.45, 2.75) is 45.8 Å². The lowest BCUT2D eigenvalue weighted by atomic mass is 9.86. The van der Waals surface area contributed by atoms with Crippen LogP contribution in [0.4, 0.5) is 0 Å². The van der Waals surface area contributed by atoms with E-state index >= 15 is 0 Å².